The first-order valence-corrected chi connectivity index (χ1v) is 8.76. The summed E-state index contributed by atoms with van der Waals surface area (Å²) in [7, 11) is 0. The van der Waals surface area contributed by atoms with Crippen molar-refractivity contribution in [1.29, 1.82) is 0 Å². The number of hydrogen-bond donors (Lipinski definition) is 0. The van der Waals surface area contributed by atoms with E-state index in [9.17, 15) is 0 Å². The molecule has 0 radical (unpaired) electrons. The van der Waals surface area contributed by atoms with Crippen LogP contribution in [0.5, 0.6) is 0 Å². The maximum absolute atomic E-state index is 4.91. The predicted octanol–water partition coefficient (Wildman–Crippen LogP) is 5.53. The van der Waals surface area contributed by atoms with Crippen LogP contribution >= 0.6 is 31.9 Å². The maximum Gasteiger partial charge on any atom is 0.133 e. The number of aromatic nitrogens is 2. The molecular weight excluding hydrogens is 404 g/mol. The second-order valence-electron chi connectivity index (χ2n) is 6.15. The van der Waals surface area contributed by atoms with Crippen molar-refractivity contribution in [2.45, 2.75) is 22.5 Å². The molecule has 3 aromatic rings. The fraction of sp³-hybridized carbons (Fsp3) is 0.222. The van der Waals surface area contributed by atoms with E-state index >= 15 is 0 Å². The molecule has 1 heterocycles. The minimum Gasteiger partial charge on any atom is -0.246 e. The van der Waals surface area contributed by atoms with Gasteiger partial charge in [0, 0.05) is 11.0 Å². The number of nitrogens with zero attached hydrogens (tertiary/aromatic N) is 2. The fourth-order valence-corrected chi connectivity index (χ4v) is 4.09. The topological polar surface area (TPSA) is 25.8 Å². The van der Waals surface area contributed by atoms with Crippen LogP contribution in [0.2, 0.25) is 0 Å². The molecule has 1 aliphatic rings. The molecule has 0 bridgehead atoms. The summed E-state index contributed by atoms with van der Waals surface area (Å²) < 4.78 is -0.451. The summed E-state index contributed by atoms with van der Waals surface area (Å²) in [6, 6.07) is 16.5. The zero-order chi connectivity index (χ0) is 15.5. The lowest BCUT2D eigenvalue weighted by molar-refractivity contribution is 0.479. The highest BCUT2D eigenvalue weighted by atomic mass is 79.9. The number of alkyl halides is 2. The summed E-state index contributed by atoms with van der Waals surface area (Å²) in [5.41, 5.74) is 5.99. The largest absolute Gasteiger partial charge is 0.246 e. The van der Waals surface area contributed by atoms with Crippen LogP contribution in [-0.2, 0) is 8.65 Å². The van der Waals surface area contributed by atoms with Gasteiger partial charge in [0.05, 0.1) is 22.4 Å². The lowest BCUT2D eigenvalue weighted by Gasteiger charge is -2.43. The van der Waals surface area contributed by atoms with Crippen molar-refractivity contribution >= 4 is 42.9 Å². The number of hydrogen-bond acceptors (Lipinski definition) is 2. The summed E-state index contributed by atoms with van der Waals surface area (Å²) in [6.45, 7) is 4.43. The van der Waals surface area contributed by atoms with E-state index in [1.165, 1.54) is 5.56 Å². The van der Waals surface area contributed by atoms with Gasteiger partial charge in [0.15, 0.2) is 0 Å². The van der Waals surface area contributed by atoms with E-state index in [4.69, 9.17) is 9.97 Å². The minimum atomic E-state index is -0.451. The molecule has 2 aromatic carbocycles. The van der Waals surface area contributed by atoms with Crippen molar-refractivity contribution in [1.82, 2.24) is 9.97 Å². The first kappa shape index (κ1) is 14.3. The molecule has 0 aliphatic heterocycles. The molecular formula is C18H14Br2N2. The maximum atomic E-state index is 4.91. The number of fused-ring (bicyclic) bond motifs is 4. The first-order valence-electron chi connectivity index (χ1n) is 7.18. The van der Waals surface area contributed by atoms with Crippen LogP contribution in [0.25, 0.3) is 22.3 Å². The molecule has 22 heavy (non-hydrogen) atoms. The summed E-state index contributed by atoms with van der Waals surface area (Å²) in [5, 5.41) is 0. The summed E-state index contributed by atoms with van der Waals surface area (Å²) in [4.78, 5) is 9.80. The van der Waals surface area contributed by atoms with Gasteiger partial charge in [-0.2, -0.15) is 0 Å². The number of rotatable bonds is 0. The van der Waals surface area contributed by atoms with Crippen molar-refractivity contribution in [2.75, 3.05) is 0 Å². The SMILES string of the molecule is CC1(C)c2ccccc2-c2nc3ccccc3nc2C1(Br)Br. The van der Waals surface area contributed by atoms with E-state index in [1.54, 1.807) is 0 Å². The molecule has 1 aromatic heterocycles. The van der Waals surface area contributed by atoms with Crippen LogP contribution in [-0.4, -0.2) is 9.97 Å². The van der Waals surface area contributed by atoms with Crippen LogP contribution in [0.15, 0.2) is 48.5 Å². The minimum absolute atomic E-state index is 0.159. The standard InChI is InChI=1S/C18H14Br2N2/c1-17(2)12-8-4-3-7-11(12)15-16(18(17,19)20)22-14-10-6-5-9-13(14)21-15/h3-10H,1-2H3. The van der Waals surface area contributed by atoms with E-state index in [1.807, 2.05) is 24.3 Å². The Hall–Kier alpha value is -1.26. The Labute approximate surface area is 146 Å². The van der Waals surface area contributed by atoms with Crippen molar-refractivity contribution in [3.05, 3.63) is 59.8 Å². The van der Waals surface area contributed by atoms with Gasteiger partial charge in [-0.15, -0.1) is 0 Å². The lowest BCUT2D eigenvalue weighted by Crippen LogP contribution is -2.40. The van der Waals surface area contributed by atoms with Gasteiger partial charge >= 0.3 is 0 Å². The molecule has 0 unspecified atom stereocenters. The molecule has 0 saturated heterocycles. The monoisotopic (exact) mass is 416 g/mol. The molecule has 0 atom stereocenters. The van der Waals surface area contributed by atoms with Gasteiger partial charge in [0.25, 0.3) is 0 Å². The van der Waals surface area contributed by atoms with E-state index in [0.29, 0.717) is 0 Å². The van der Waals surface area contributed by atoms with Crippen molar-refractivity contribution in [3.63, 3.8) is 0 Å². The Morgan fingerprint density at radius 1 is 0.818 bits per heavy atom. The average molecular weight is 418 g/mol. The number of para-hydroxylation sites is 2. The second kappa shape index (κ2) is 4.62. The Morgan fingerprint density at radius 3 is 2.14 bits per heavy atom. The van der Waals surface area contributed by atoms with Crippen LogP contribution in [0.3, 0.4) is 0 Å². The Balaban J connectivity index is 2.17. The van der Waals surface area contributed by atoms with Gasteiger partial charge in [-0.25, -0.2) is 9.97 Å². The van der Waals surface area contributed by atoms with Gasteiger partial charge in [-0.05, 0) is 17.7 Å². The predicted molar refractivity (Wildman–Crippen MR) is 97.5 cm³/mol. The molecule has 0 saturated carbocycles. The van der Waals surface area contributed by atoms with Crippen molar-refractivity contribution in [3.8, 4) is 11.3 Å². The smallest absolute Gasteiger partial charge is 0.133 e. The zero-order valence-corrected chi connectivity index (χ0v) is 15.4. The highest BCUT2D eigenvalue weighted by Crippen LogP contribution is 2.59. The van der Waals surface area contributed by atoms with E-state index in [-0.39, 0.29) is 5.41 Å². The van der Waals surface area contributed by atoms with Gasteiger partial charge in [-0.3, -0.25) is 0 Å². The van der Waals surface area contributed by atoms with E-state index < -0.39 is 3.23 Å². The molecule has 0 amide bonds. The molecule has 110 valence electrons. The van der Waals surface area contributed by atoms with Crippen molar-refractivity contribution in [2.24, 2.45) is 0 Å². The second-order valence-corrected chi connectivity index (χ2v) is 9.60. The Bertz CT molecular complexity index is 900. The summed E-state index contributed by atoms with van der Waals surface area (Å²) in [6.07, 6.45) is 0. The molecule has 1 aliphatic carbocycles. The molecule has 4 heteroatoms. The number of halogens is 2. The average Bonchev–Trinajstić information content (AvgIpc) is 2.52. The van der Waals surface area contributed by atoms with Crippen LogP contribution in [0.4, 0.5) is 0 Å². The number of benzene rings is 2. The molecule has 0 spiro atoms. The van der Waals surface area contributed by atoms with Gasteiger partial charge in [0.2, 0.25) is 0 Å². The lowest BCUT2D eigenvalue weighted by atomic mass is 9.72. The van der Waals surface area contributed by atoms with Gasteiger partial charge in [-0.1, -0.05) is 82.1 Å². The third-order valence-electron chi connectivity index (χ3n) is 4.51. The quantitative estimate of drug-likeness (QED) is 0.449. The van der Waals surface area contributed by atoms with Crippen LogP contribution in [0.1, 0.15) is 25.1 Å². The third-order valence-corrected chi connectivity index (χ3v) is 7.24. The normalized spacial score (nSPS) is 17.8. The van der Waals surface area contributed by atoms with E-state index in [0.717, 1.165) is 28.0 Å². The van der Waals surface area contributed by atoms with Gasteiger partial charge < -0.3 is 0 Å². The van der Waals surface area contributed by atoms with Crippen molar-refractivity contribution < 1.29 is 0 Å². The highest BCUT2D eigenvalue weighted by molar-refractivity contribution is 9.24. The zero-order valence-electron chi connectivity index (χ0n) is 12.3. The van der Waals surface area contributed by atoms with E-state index in [2.05, 4.69) is 70.0 Å². The summed E-state index contributed by atoms with van der Waals surface area (Å²) >= 11 is 7.76. The van der Waals surface area contributed by atoms with Gasteiger partial charge in [0.1, 0.15) is 3.23 Å². The molecule has 0 N–H and O–H groups in total. The Kier molecular flexibility index (Phi) is 3.01. The highest BCUT2D eigenvalue weighted by Gasteiger charge is 2.51. The third kappa shape index (κ3) is 1.77. The first-order chi connectivity index (χ1) is 10.4. The molecule has 4 rings (SSSR count). The fourth-order valence-electron chi connectivity index (χ4n) is 3.11. The van der Waals surface area contributed by atoms with Crippen LogP contribution < -0.4 is 0 Å². The van der Waals surface area contributed by atoms with Crippen LogP contribution in [0, 0.1) is 0 Å². The molecule has 0 fully saturated rings. The molecule has 2 nitrogen and oxygen atoms in total. The Morgan fingerprint density at radius 2 is 1.41 bits per heavy atom. The summed E-state index contributed by atoms with van der Waals surface area (Å²) in [5.74, 6) is 0.